The molecule has 0 amide bonds. The Balaban J connectivity index is 1.66. The fourth-order valence-corrected chi connectivity index (χ4v) is 3.64. The second-order valence-electron chi connectivity index (χ2n) is 7.01. The van der Waals surface area contributed by atoms with Gasteiger partial charge in [-0.3, -0.25) is 4.79 Å². The van der Waals surface area contributed by atoms with Gasteiger partial charge in [-0.2, -0.15) is 5.26 Å². The number of carbonyl (C=O) groups is 1. The largest absolute Gasteiger partial charge is 0.493 e. The highest BCUT2D eigenvalue weighted by Crippen LogP contribution is 2.32. The SMILES string of the molecule is COc1cc(/C=C/C(=O)c2ccc(C3CCCCC3)cc2)ccc1OCC#N. The van der Waals surface area contributed by atoms with Gasteiger partial charge in [0.05, 0.1) is 7.11 Å². The maximum atomic E-state index is 12.5. The second kappa shape index (κ2) is 9.75. The number of carbonyl (C=O) groups excluding carboxylic acids is 1. The fraction of sp³-hybridized carbons (Fsp3) is 0.333. The van der Waals surface area contributed by atoms with Gasteiger partial charge in [-0.05, 0) is 48.1 Å². The quantitative estimate of drug-likeness (QED) is 0.471. The number of benzene rings is 2. The first kappa shape index (κ1) is 19.7. The second-order valence-corrected chi connectivity index (χ2v) is 7.01. The van der Waals surface area contributed by atoms with Crippen LogP contribution in [-0.2, 0) is 0 Å². The van der Waals surface area contributed by atoms with E-state index in [2.05, 4.69) is 12.1 Å². The number of methoxy groups -OCH3 is 1. The molecular weight excluding hydrogens is 350 g/mol. The molecule has 0 unspecified atom stereocenters. The van der Waals surface area contributed by atoms with Gasteiger partial charge in [0.2, 0.25) is 0 Å². The smallest absolute Gasteiger partial charge is 0.185 e. The Hall–Kier alpha value is -3.06. The minimum Gasteiger partial charge on any atom is -0.493 e. The molecule has 1 aliphatic carbocycles. The van der Waals surface area contributed by atoms with Crippen molar-refractivity contribution in [1.29, 1.82) is 5.26 Å². The van der Waals surface area contributed by atoms with Crippen LogP contribution in [0.2, 0.25) is 0 Å². The van der Waals surface area contributed by atoms with Crippen molar-refractivity contribution in [2.24, 2.45) is 0 Å². The first-order valence-electron chi connectivity index (χ1n) is 9.71. The van der Waals surface area contributed by atoms with Crippen LogP contribution in [0, 0.1) is 11.3 Å². The average molecular weight is 375 g/mol. The summed E-state index contributed by atoms with van der Waals surface area (Å²) in [5, 5.41) is 8.63. The summed E-state index contributed by atoms with van der Waals surface area (Å²) >= 11 is 0. The number of nitriles is 1. The summed E-state index contributed by atoms with van der Waals surface area (Å²) in [4.78, 5) is 12.5. The zero-order valence-corrected chi connectivity index (χ0v) is 16.2. The van der Waals surface area contributed by atoms with E-state index < -0.39 is 0 Å². The minimum absolute atomic E-state index is 0.0287. The van der Waals surface area contributed by atoms with Crippen molar-refractivity contribution in [1.82, 2.24) is 0 Å². The van der Waals surface area contributed by atoms with Crippen LogP contribution in [0.1, 0.15) is 59.5 Å². The highest BCUT2D eigenvalue weighted by molar-refractivity contribution is 6.06. The number of ketones is 1. The molecule has 0 saturated heterocycles. The van der Waals surface area contributed by atoms with Gasteiger partial charge in [0, 0.05) is 5.56 Å². The van der Waals surface area contributed by atoms with Crippen molar-refractivity contribution in [3.05, 3.63) is 65.2 Å². The molecule has 4 nitrogen and oxygen atoms in total. The van der Waals surface area contributed by atoms with Crippen molar-refractivity contribution in [3.63, 3.8) is 0 Å². The van der Waals surface area contributed by atoms with E-state index in [-0.39, 0.29) is 12.4 Å². The van der Waals surface area contributed by atoms with Crippen LogP contribution in [0.25, 0.3) is 6.08 Å². The molecule has 0 heterocycles. The van der Waals surface area contributed by atoms with E-state index in [1.54, 1.807) is 31.4 Å². The Bertz CT molecular complexity index is 872. The molecule has 2 aromatic carbocycles. The van der Waals surface area contributed by atoms with E-state index in [4.69, 9.17) is 14.7 Å². The van der Waals surface area contributed by atoms with E-state index in [1.807, 2.05) is 24.3 Å². The van der Waals surface area contributed by atoms with Crippen LogP contribution in [0.3, 0.4) is 0 Å². The number of ether oxygens (including phenoxy) is 2. The molecule has 0 aliphatic heterocycles. The number of rotatable bonds is 7. The Kier molecular flexibility index (Phi) is 6.86. The van der Waals surface area contributed by atoms with Gasteiger partial charge in [0.25, 0.3) is 0 Å². The summed E-state index contributed by atoms with van der Waals surface area (Å²) in [6.07, 6.45) is 9.78. The Labute approximate surface area is 166 Å². The summed E-state index contributed by atoms with van der Waals surface area (Å²) in [7, 11) is 1.54. The lowest BCUT2D eigenvalue weighted by molar-refractivity contribution is 0.104. The molecule has 2 aromatic rings. The molecule has 3 rings (SSSR count). The molecule has 4 heteroatoms. The fourth-order valence-electron chi connectivity index (χ4n) is 3.64. The summed E-state index contributed by atoms with van der Waals surface area (Å²) in [5.41, 5.74) is 2.86. The molecule has 0 N–H and O–H groups in total. The molecule has 0 atom stereocenters. The van der Waals surface area contributed by atoms with Crippen molar-refractivity contribution < 1.29 is 14.3 Å². The third-order valence-electron chi connectivity index (χ3n) is 5.18. The molecule has 1 saturated carbocycles. The van der Waals surface area contributed by atoms with Gasteiger partial charge in [0.15, 0.2) is 23.9 Å². The van der Waals surface area contributed by atoms with Gasteiger partial charge in [-0.25, -0.2) is 0 Å². The van der Waals surface area contributed by atoms with Gasteiger partial charge in [0.1, 0.15) is 6.07 Å². The van der Waals surface area contributed by atoms with E-state index in [0.29, 0.717) is 23.0 Å². The number of nitrogens with zero attached hydrogens (tertiary/aromatic N) is 1. The first-order chi connectivity index (χ1) is 13.7. The van der Waals surface area contributed by atoms with Gasteiger partial charge in [-0.15, -0.1) is 0 Å². The molecular formula is C24H25NO3. The van der Waals surface area contributed by atoms with Gasteiger partial charge >= 0.3 is 0 Å². The van der Waals surface area contributed by atoms with Crippen LogP contribution < -0.4 is 9.47 Å². The van der Waals surface area contributed by atoms with E-state index in [1.165, 1.54) is 37.7 Å². The van der Waals surface area contributed by atoms with Gasteiger partial charge < -0.3 is 9.47 Å². The van der Waals surface area contributed by atoms with E-state index >= 15 is 0 Å². The molecule has 144 valence electrons. The Morgan fingerprint density at radius 3 is 2.54 bits per heavy atom. The number of hydrogen-bond acceptors (Lipinski definition) is 4. The van der Waals surface area contributed by atoms with Crippen LogP contribution >= 0.6 is 0 Å². The predicted molar refractivity (Wildman–Crippen MR) is 110 cm³/mol. The third kappa shape index (κ3) is 5.01. The summed E-state index contributed by atoms with van der Waals surface area (Å²) in [5.74, 6) is 1.65. The molecule has 28 heavy (non-hydrogen) atoms. The lowest BCUT2D eigenvalue weighted by atomic mass is 9.84. The molecule has 0 spiro atoms. The lowest BCUT2D eigenvalue weighted by Crippen LogP contribution is -2.05. The maximum Gasteiger partial charge on any atom is 0.185 e. The summed E-state index contributed by atoms with van der Waals surface area (Å²) in [6, 6.07) is 15.3. The van der Waals surface area contributed by atoms with Crippen molar-refractivity contribution in [3.8, 4) is 17.6 Å². The van der Waals surface area contributed by atoms with Crippen LogP contribution in [0.4, 0.5) is 0 Å². The molecule has 1 fully saturated rings. The Morgan fingerprint density at radius 1 is 1.11 bits per heavy atom. The van der Waals surface area contributed by atoms with Crippen molar-refractivity contribution >= 4 is 11.9 Å². The third-order valence-corrected chi connectivity index (χ3v) is 5.18. The normalized spacial score (nSPS) is 14.6. The van der Waals surface area contributed by atoms with Crippen LogP contribution in [0.5, 0.6) is 11.5 Å². The molecule has 0 radical (unpaired) electrons. The highest BCUT2D eigenvalue weighted by Gasteiger charge is 2.15. The number of hydrogen-bond donors (Lipinski definition) is 0. The van der Waals surface area contributed by atoms with Crippen molar-refractivity contribution in [2.45, 2.75) is 38.0 Å². The maximum absolute atomic E-state index is 12.5. The van der Waals surface area contributed by atoms with Crippen LogP contribution in [-0.4, -0.2) is 19.5 Å². The van der Waals surface area contributed by atoms with E-state index in [9.17, 15) is 4.79 Å². The highest BCUT2D eigenvalue weighted by atomic mass is 16.5. The zero-order valence-electron chi connectivity index (χ0n) is 16.2. The lowest BCUT2D eigenvalue weighted by Gasteiger charge is -2.21. The minimum atomic E-state index is -0.0408. The van der Waals surface area contributed by atoms with Gasteiger partial charge in [-0.1, -0.05) is 55.7 Å². The molecule has 0 bridgehead atoms. The molecule has 1 aliphatic rings. The average Bonchev–Trinajstić information content (AvgIpc) is 2.77. The Morgan fingerprint density at radius 2 is 1.86 bits per heavy atom. The summed E-state index contributed by atoms with van der Waals surface area (Å²) in [6.45, 7) is -0.0408. The van der Waals surface area contributed by atoms with E-state index in [0.717, 1.165) is 5.56 Å². The zero-order chi connectivity index (χ0) is 19.8. The standard InChI is InChI=1S/C24H25NO3/c1-27-24-17-18(8-14-23(24)28-16-15-25)7-13-22(26)21-11-9-20(10-12-21)19-5-3-2-4-6-19/h7-14,17,19H,2-6,16H2,1H3/b13-7+. The first-order valence-corrected chi connectivity index (χ1v) is 9.71. The number of allylic oxidation sites excluding steroid dienone is 1. The van der Waals surface area contributed by atoms with Crippen molar-refractivity contribution in [2.75, 3.05) is 13.7 Å². The monoisotopic (exact) mass is 375 g/mol. The molecule has 0 aromatic heterocycles. The summed E-state index contributed by atoms with van der Waals surface area (Å²) < 4.78 is 10.6. The van der Waals surface area contributed by atoms with Crippen LogP contribution in [0.15, 0.2) is 48.5 Å². The topological polar surface area (TPSA) is 59.3 Å². The predicted octanol–water partition coefficient (Wildman–Crippen LogP) is 5.54.